The lowest BCUT2D eigenvalue weighted by Gasteiger charge is -2.28. The molecule has 1 atom stereocenters. The summed E-state index contributed by atoms with van der Waals surface area (Å²) in [5, 5.41) is 2.44. The van der Waals surface area contributed by atoms with Gasteiger partial charge in [-0.1, -0.05) is 6.92 Å². The Balaban J connectivity index is 2.44. The molecule has 0 radical (unpaired) electrons. The maximum absolute atomic E-state index is 13.1. The van der Waals surface area contributed by atoms with Crippen molar-refractivity contribution < 1.29 is 26.0 Å². The first-order valence-electron chi connectivity index (χ1n) is 8.40. The van der Waals surface area contributed by atoms with Gasteiger partial charge in [0.25, 0.3) is 5.91 Å². The second-order valence-corrected chi connectivity index (χ2v) is 9.88. The Morgan fingerprint density at radius 2 is 1.78 bits per heavy atom. The van der Waals surface area contributed by atoms with Crippen molar-refractivity contribution in [3.63, 3.8) is 0 Å². The van der Waals surface area contributed by atoms with Crippen molar-refractivity contribution in [3.8, 4) is 0 Å². The molecule has 1 aliphatic heterocycles. The van der Waals surface area contributed by atoms with Gasteiger partial charge in [0.15, 0.2) is 6.17 Å². The number of benzene rings is 1. The second-order valence-electron chi connectivity index (χ2n) is 5.95. The van der Waals surface area contributed by atoms with Gasteiger partial charge in [-0.05, 0) is 30.7 Å². The Morgan fingerprint density at radius 3 is 2.33 bits per heavy atom. The Kier molecular flexibility index (Phi) is 6.92. The van der Waals surface area contributed by atoms with Crippen molar-refractivity contribution in [1.82, 2.24) is 13.9 Å². The van der Waals surface area contributed by atoms with Gasteiger partial charge in [0.1, 0.15) is 5.82 Å². The fourth-order valence-corrected chi connectivity index (χ4v) is 6.02. The third-order valence-corrected chi connectivity index (χ3v) is 7.89. The van der Waals surface area contributed by atoms with Gasteiger partial charge >= 0.3 is 0 Å². The quantitative estimate of drug-likeness (QED) is 0.568. The van der Waals surface area contributed by atoms with E-state index in [1.54, 1.807) is 6.92 Å². The first-order valence-corrected chi connectivity index (χ1v) is 11.4. The highest BCUT2D eigenvalue weighted by Gasteiger charge is 2.48. The minimum atomic E-state index is -4.21. The molecule has 0 bridgehead atoms. The minimum absolute atomic E-state index is 0.0709. The topological polar surface area (TPSA) is 130 Å². The van der Waals surface area contributed by atoms with Gasteiger partial charge in [0, 0.05) is 26.2 Å². The molecule has 0 saturated carbocycles. The first-order chi connectivity index (χ1) is 12.6. The number of amides is 1. The zero-order chi connectivity index (χ0) is 20.2. The molecule has 1 unspecified atom stereocenters. The number of sulfonamides is 2. The Labute approximate surface area is 158 Å². The van der Waals surface area contributed by atoms with Gasteiger partial charge in [-0.25, -0.2) is 21.2 Å². The molecule has 0 aliphatic carbocycles. The molecule has 0 spiro atoms. The summed E-state index contributed by atoms with van der Waals surface area (Å²) in [5.41, 5.74) is 5.36. The normalized spacial score (nSPS) is 19.3. The van der Waals surface area contributed by atoms with E-state index in [2.05, 4.69) is 5.32 Å². The summed E-state index contributed by atoms with van der Waals surface area (Å²) in [6.07, 6.45) is -1.23. The van der Waals surface area contributed by atoms with E-state index >= 15 is 0 Å². The van der Waals surface area contributed by atoms with Crippen molar-refractivity contribution in [1.29, 1.82) is 0 Å². The molecule has 1 fully saturated rings. The van der Waals surface area contributed by atoms with Crippen molar-refractivity contribution >= 4 is 26.0 Å². The zero-order valence-corrected chi connectivity index (χ0v) is 16.5. The predicted octanol–water partition coefficient (Wildman–Crippen LogP) is -0.727. The number of nitrogens with zero attached hydrogens (tertiary/aromatic N) is 2. The number of halogens is 1. The van der Waals surface area contributed by atoms with Crippen molar-refractivity contribution in [2.45, 2.75) is 24.4 Å². The zero-order valence-electron chi connectivity index (χ0n) is 14.8. The number of carbonyl (C=O) groups excluding carboxylic acids is 1. The van der Waals surface area contributed by atoms with Crippen LogP contribution in [0.3, 0.4) is 0 Å². The number of hydrogen-bond donors (Lipinski definition) is 2. The van der Waals surface area contributed by atoms with Gasteiger partial charge in [-0.3, -0.25) is 4.79 Å². The number of rotatable bonds is 8. The van der Waals surface area contributed by atoms with Crippen LogP contribution in [0, 0.1) is 5.82 Å². The van der Waals surface area contributed by atoms with E-state index < -0.39 is 37.9 Å². The summed E-state index contributed by atoms with van der Waals surface area (Å²) in [6, 6.07) is 4.11. The average molecular weight is 423 g/mol. The van der Waals surface area contributed by atoms with Crippen LogP contribution in [-0.2, 0) is 24.8 Å². The average Bonchev–Trinajstić information content (AvgIpc) is 3.07. The van der Waals surface area contributed by atoms with E-state index in [1.807, 2.05) is 0 Å². The van der Waals surface area contributed by atoms with Crippen LogP contribution in [0.25, 0.3) is 0 Å². The Hall–Kier alpha value is -1.60. The molecule has 1 heterocycles. The lowest BCUT2D eigenvalue weighted by molar-refractivity contribution is -0.126. The molecular formula is C15H23FN4O5S2. The van der Waals surface area contributed by atoms with Crippen LogP contribution >= 0.6 is 0 Å². The number of nitrogens with two attached hydrogens (primary N) is 1. The molecular weight excluding hydrogens is 399 g/mol. The monoisotopic (exact) mass is 422 g/mol. The molecule has 2 rings (SSSR count). The van der Waals surface area contributed by atoms with Crippen molar-refractivity contribution in [2.75, 3.05) is 31.9 Å². The smallest absolute Gasteiger partial charge is 0.254 e. The Morgan fingerprint density at radius 1 is 1.19 bits per heavy atom. The maximum atomic E-state index is 13.1. The van der Waals surface area contributed by atoms with Gasteiger partial charge in [0.2, 0.25) is 20.0 Å². The predicted molar refractivity (Wildman–Crippen MR) is 96.9 cm³/mol. The van der Waals surface area contributed by atoms with Gasteiger partial charge in [-0.2, -0.15) is 8.61 Å². The van der Waals surface area contributed by atoms with Crippen LogP contribution in [-0.4, -0.2) is 69.5 Å². The van der Waals surface area contributed by atoms with Crippen LogP contribution < -0.4 is 11.1 Å². The highest BCUT2D eigenvalue weighted by Crippen LogP contribution is 2.27. The number of carbonyl (C=O) groups is 1. The summed E-state index contributed by atoms with van der Waals surface area (Å²) < 4.78 is 65.8. The summed E-state index contributed by atoms with van der Waals surface area (Å²) in [4.78, 5) is 12.3. The van der Waals surface area contributed by atoms with E-state index in [0.29, 0.717) is 6.42 Å². The fourth-order valence-electron chi connectivity index (χ4n) is 2.79. The summed E-state index contributed by atoms with van der Waals surface area (Å²) in [6.45, 7) is 1.52. The SMILES string of the molecule is CCCS(=O)(=O)N1CCN(S(=O)(=O)c2ccc(F)cc2)C1C(=O)NCCN. The lowest BCUT2D eigenvalue weighted by Crippen LogP contribution is -2.54. The number of hydrogen-bond acceptors (Lipinski definition) is 6. The third-order valence-electron chi connectivity index (χ3n) is 4.00. The minimum Gasteiger partial charge on any atom is -0.352 e. The maximum Gasteiger partial charge on any atom is 0.254 e. The molecule has 1 aliphatic rings. The summed E-state index contributed by atoms with van der Waals surface area (Å²) >= 11 is 0. The standard InChI is InChI=1S/C15H23FN4O5S2/c1-2-11-26(22,23)19-9-10-20(15(19)14(21)18-8-7-17)27(24,25)13-5-3-12(16)4-6-13/h3-6,15H,2,7-11,17H2,1H3,(H,18,21). The molecule has 1 amide bonds. The molecule has 9 nitrogen and oxygen atoms in total. The van der Waals surface area contributed by atoms with E-state index in [0.717, 1.165) is 32.9 Å². The Bertz CT molecular complexity index is 874. The largest absolute Gasteiger partial charge is 0.352 e. The van der Waals surface area contributed by atoms with Gasteiger partial charge < -0.3 is 11.1 Å². The van der Waals surface area contributed by atoms with Gasteiger partial charge in [0.05, 0.1) is 10.6 Å². The van der Waals surface area contributed by atoms with Crippen LogP contribution in [0.1, 0.15) is 13.3 Å². The van der Waals surface area contributed by atoms with Crippen LogP contribution in [0.4, 0.5) is 4.39 Å². The highest BCUT2D eigenvalue weighted by molar-refractivity contribution is 7.90. The van der Waals surface area contributed by atoms with E-state index in [-0.39, 0.29) is 36.8 Å². The van der Waals surface area contributed by atoms with Gasteiger partial charge in [-0.15, -0.1) is 0 Å². The molecule has 0 aromatic heterocycles. The third kappa shape index (κ3) is 4.63. The van der Waals surface area contributed by atoms with E-state index in [9.17, 15) is 26.0 Å². The fraction of sp³-hybridized carbons (Fsp3) is 0.533. The summed E-state index contributed by atoms with van der Waals surface area (Å²) in [7, 11) is -8.05. The van der Waals surface area contributed by atoms with Crippen molar-refractivity contribution in [2.24, 2.45) is 5.73 Å². The van der Waals surface area contributed by atoms with Crippen LogP contribution in [0.2, 0.25) is 0 Å². The van der Waals surface area contributed by atoms with E-state index in [1.165, 1.54) is 0 Å². The van der Waals surface area contributed by atoms with Crippen molar-refractivity contribution in [3.05, 3.63) is 30.1 Å². The molecule has 1 aromatic carbocycles. The molecule has 3 N–H and O–H groups in total. The molecule has 1 aromatic rings. The molecule has 27 heavy (non-hydrogen) atoms. The van der Waals surface area contributed by atoms with Crippen LogP contribution in [0.15, 0.2) is 29.2 Å². The first kappa shape index (κ1) is 21.7. The second kappa shape index (κ2) is 8.61. The van der Waals surface area contributed by atoms with Crippen LogP contribution in [0.5, 0.6) is 0 Å². The molecule has 12 heteroatoms. The molecule has 1 saturated heterocycles. The number of nitrogens with one attached hydrogen (secondary N) is 1. The summed E-state index contributed by atoms with van der Waals surface area (Å²) in [5.74, 6) is -1.60. The molecule has 152 valence electrons. The lowest BCUT2D eigenvalue weighted by atomic mass is 10.4. The van der Waals surface area contributed by atoms with E-state index in [4.69, 9.17) is 5.73 Å². The highest BCUT2D eigenvalue weighted by atomic mass is 32.2.